The maximum Gasteiger partial charge on any atom is 0.330 e. The van der Waals surface area contributed by atoms with Crippen LogP contribution in [-0.4, -0.2) is 26.9 Å². The number of aromatic nitrogens is 2. The monoisotopic (exact) mass is 283 g/mol. The summed E-state index contributed by atoms with van der Waals surface area (Å²) in [5, 5.41) is 12.6. The van der Waals surface area contributed by atoms with Crippen LogP contribution in [0, 0.1) is 5.41 Å². The zero-order valence-corrected chi connectivity index (χ0v) is 12.9. The molecule has 1 unspecified atom stereocenters. The lowest BCUT2D eigenvalue weighted by Gasteiger charge is -2.25. The van der Waals surface area contributed by atoms with Crippen molar-refractivity contribution in [3.63, 3.8) is 0 Å². The largest absolute Gasteiger partial charge is 0.395 e. The van der Waals surface area contributed by atoms with Gasteiger partial charge < -0.3 is 15.0 Å². The molecule has 0 saturated heterocycles. The SMILES string of the molecule is Cn1cc(CNC(CO)CC(C)(C)C)c(=O)n(C)c1=O. The van der Waals surface area contributed by atoms with Crippen LogP contribution in [0.25, 0.3) is 0 Å². The number of aryl methyl sites for hydroxylation is 1. The minimum atomic E-state index is -0.341. The molecule has 0 spiro atoms. The van der Waals surface area contributed by atoms with Gasteiger partial charge in [-0.1, -0.05) is 20.8 Å². The fourth-order valence-electron chi connectivity index (χ4n) is 2.20. The van der Waals surface area contributed by atoms with Crippen LogP contribution in [-0.2, 0) is 20.6 Å². The van der Waals surface area contributed by atoms with Gasteiger partial charge in [-0.3, -0.25) is 9.36 Å². The van der Waals surface area contributed by atoms with Crippen molar-refractivity contribution in [1.82, 2.24) is 14.5 Å². The first-order valence-electron chi connectivity index (χ1n) is 6.75. The highest BCUT2D eigenvalue weighted by atomic mass is 16.3. The molecule has 1 aromatic heterocycles. The van der Waals surface area contributed by atoms with Gasteiger partial charge in [0, 0.05) is 38.4 Å². The Bertz CT molecular complexity index is 566. The molecule has 0 saturated carbocycles. The summed E-state index contributed by atoms with van der Waals surface area (Å²) in [6.45, 7) is 6.65. The summed E-state index contributed by atoms with van der Waals surface area (Å²) in [7, 11) is 3.08. The first-order chi connectivity index (χ1) is 9.15. The fraction of sp³-hybridized carbons (Fsp3) is 0.714. The van der Waals surface area contributed by atoms with Crippen LogP contribution in [0.5, 0.6) is 0 Å². The molecule has 1 aromatic rings. The van der Waals surface area contributed by atoms with Gasteiger partial charge in [0.25, 0.3) is 5.56 Å². The number of aliphatic hydroxyl groups excluding tert-OH is 1. The van der Waals surface area contributed by atoms with Crippen LogP contribution >= 0.6 is 0 Å². The van der Waals surface area contributed by atoms with E-state index < -0.39 is 0 Å². The molecule has 2 N–H and O–H groups in total. The van der Waals surface area contributed by atoms with E-state index in [-0.39, 0.29) is 29.3 Å². The molecule has 0 fully saturated rings. The van der Waals surface area contributed by atoms with Crippen molar-refractivity contribution in [2.45, 2.75) is 39.8 Å². The first-order valence-corrected chi connectivity index (χ1v) is 6.75. The van der Waals surface area contributed by atoms with Crippen molar-refractivity contribution < 1.29 is 5.11 Å². The first kappa shape index (κ1) is 16.7. The predicted octanol–water partition coefficient (Wildman–Crippen LogP) is -0.0293. The van der Waals surface area contributed by atoms with Gasteiger partial charge >= 0.3 is 5.69 Å². The maximum atomic E-state index is 12.0. The molecule has 6 nitrogen and oxygen atoms in total. The van der Waals surface area contributed by atoms with Crippen molar-refractivity contribution in [3.8, 4) is 0 Å². The van der Waals surface area contributed by atoms with E-state index in [0.29, 0.717) is 12.1 Å². The molecule has 0 aliphatic heterocycles. The molecule has 0 amide bonds. The van der Waals surface area contributed by atoms with Crippen molar-refractivity contribution in [3.05, 3.63) is 32.6 Å². The second kappa shape index (κ2) is 6.37. The summed E-state index contributed by atoms with van der Waals surface area (Å²) in [6, 6.07) is -0.0723. The lowest BCUT2D eigenvalue weighted by atomic mass is 9.88. The molecule has 0 radical (unpaired) electrons. The third kappa shape index (κ3) is 4.31. The van der Waals surface area contributed by atoms with E-state index in [4.69, 9.17) is 0 Å². The average molecular weight is 283 g/mol. The van der Waals surface area contributed by atoms with Gasteiger partial charge in [0.1, 0.15) is 0 Å². The number of hydrogen-bond acceptors (Lipinski definition) is 4. The number of hydrogen-bond donors (Lipinski definition) is 2. The van der Waals surface area contributed by atoms with Gasteiger partial charge in [-0.05, 0) is 11.8 Å². The average Bonchev–Trinajstić information content (AvgIpc) is 2.36. The Morgan fingerprint density at radius 1 is 1.30 bits per heavy atom. The summed E-state index contributed by atoms with van der Waals surface area (Å²) in [5.41, 5.74) is -0.0308. The fourth-order valence-corrected chi connectivity index (χ4v) is 2.20. The highest BCUT2D eigenvalue weighted by molar-refractivity contribution is 5.05. The Labute approximate surface area is 119 Å². The van der Waals surface area contributed by atoms with E-state index in [0.717, 1.165) is 11.0 Å². The molecule has 1 atom stereocenters. The number of nitrogens with zero attached hydrogens (tertiary/aromatic N) is 2. The Hall–Kier alpha value is -1.40. The summed E-state index contributed by atoms with van der Waals surface area (Å²) in [6.07, 6.45) is 2.35. The lowest BCUT2D eigenvalue weighted by molar-refractivity contribution is 0.197. The van der Waals surface area contributed by atoms with E-state index >= 15 is 0 Å². The van der Waals surface area contributed by atoms with Crippen LogP contribution in [0.4, 0.5) is 0 Å². The Balaban J connectivity index is 2.85. The van der Waals surface area contributed by atoms with Gasteiger partial charge in [-0.25, -0.2) is 4.79 Å². The Kier molecular flexibility index (Phi) is 5.30. The standard InChI is InChI=1S/C14H25N3O3/c1-14(2,3)6-11(9-18)15-7-10-8-16(4)13(20)17(5)12(10)19/h8,11,15,18H,6-7,9H2,1-5H3. The molecular formula is C14H25N3O3. The Morgan fingerprint density at radius 2 is 1.90 bits per heavy atom. The molecule has 0 aromatic carbocycles. The van der Waals surface area contributed by atoms with Crippen LogP contribution in [0.2, 0.25) is 0 Å². The molecule has 20 heavy (non-hydrogen) atoms. The predicted molar refractivity (Wildman–Crippen MR) is 78.7 cm³/mol. The van der Waals surface area contributed by atoms with E-state index in [1.165, 1.54) is 11.6 Å². The number of nitrogens with one attached hydrogen (secondary N) is 1. The van der Waals surface area contributed by atoms with Crippen molar-refractivity contribution in [2.75, 3.05) is 6.61 Å². The molecule has 114 valence electrons. The third-order valence-electron chi connectivity index (χ3n) is 3.18. The molecule has 1 heterocycles. The van der Waals surface area contributed by atoms with Crippen LogP contribution in [0.1, 0.15) is 32.8 Å². The van der Waals surface area contributed by atoms with Crippen molar-refractivity contribution in [1.29, 1.82) is 0 Å². The molecule has 1 rings (SSSR count). The number of rotatable bonds is 5. The molecule has 0 aliphatic carbocycles. The van der Waals surface area contributed by atoms with Crippen molar-refractivity contribution in [2.24, 2.45) is 19.5 Å². The number of aliphatic hydroxyl groups is 1. The summed E-state index contributed by atoms with van der Waals surface area (Å²) in [5.74, 6) is 0. The third-order valence-corrected chi connectivity index (χ3v) is 3.18. The summed E-state index contributed by atoms with van der Waals surface area (Å²) >= 11 is 0. The van der Waals surface area contributed by atoms with E-state index in [1.54, 1.807) is 13.2 Å². The maximum absolute atomic E-state index is 12.0. The zero-order valence-electron chi connectivity index (χ0n) is 12.9. The highest BCUT2D eigenvalue weighted by Gasteiger charge is 2.18. The second-order valence-corrected chi connectivity index (χ2v) is 6.44. The highest BCUT2D eigenvalue weighted by Crippen LogP contribution is 2.20. The topological polar surface area (TPSA) is 76.3 Å². The molecule has 0 aliphatic rings. The zero-order chi connectivity index (χ0) is 15.5. The van der Waals surface area contributed by atoms with E-state index in [2.05, 4.69) is 26.1 Å². The van der Waals surface area contributed by atoms with Gasteiger partial charge in [0.15, 0.2) is 0 Å². The van der Waals surface area contributed by atoms with Gasteiger partial charge in [-0.2, -0.15) is 0 Å². The van der Waals surface area contributed by atoms with Crippen LogP contribution < -0.4 is 16.6 Å². The van der Waals surface area contributed by atoms with Gasteiger partial charge in [-0.15, -0.1) is 0 Å². The van der Waals surface area contributed by atoms with Gasteiger partial charge in [0.2, 0.25) is 0 Å². The van der Waals surface area contributed by atoms with E-state index in [1.807, 2.05) is 0 Å². The molecular weight excluding hydrogens is 258 g/mol. The minimum Gasteiger partial charge on any atom is -0.395 e. The summed E-state index contributed by atoms with van der Waals surface area (Å²) < 4.78 is 2.48. The molecule has 6 heteroatoms. The van der Waals surface area contributed by atoms with Crippen LogP contribution in [0.3, 0.4) is 0 Å². The van der Waals surface area contributed by atoms with Crippen molar-refractivity contribution >= 4 is 0 Å². The molecule has 0 bridgehead atoms. The lowest BCUT2D eigenvalue weighted by Crippen LogP contribution is -2.41. The normalized spacial score (nSPS) is 13.5. The summed E-state index contributed by atoms with van der Waals surface area (Å²) in [4.78, 5) is 23.6. The van der Waals surface area contributed by atoms with E-state index in [9.17, 15) is 14.7 Å². The second-order valence-electron chi connectivity index (χ2n) is 6.44. The van der Waals surface area contributed by atoms with Gasteiger partial charge in [0.05, 0.1) is 6.61 Å². The Morgan fingerprint density at radius 3 is 2.40 bits per heavy atom. The minimum absolute atomic E-state index is 0.0172. The van der Waals surface area contributed by atoms with Crippen LogP contribution in [0.15, 0.2) is 15.8 Å². The smallest absolute Gasteiger partial charge is 0.330 e. The quantitative estimate of drug-likeness (QED) is 0.796.